The highest BCUT2D eigenvalue weighted by molar-refractivity contribution is 6.43. The van der Waals surface area contributed by atoms with Gasteiger partial charge in [0.05, 0.1) is 12.5 Å². The van der Waals surface area contributed by atoms with Crippen LogP contribution in [-0.4, -0.2) is 66.6 Å². The Morgan fingerprint density at radius 1 is 1.28 bits per heavy atom. The smallest absolute Gasteiger partial charge is 0.426 e. The topological polar surface area (TPSA) is 137 Å². The first-order chi connectivity index (χ1) is 13.9. The van der Waals surface area contributed by atoms with Gasteiger partial charge in [-0.25, -0.2) is 0 Å². The minimum Gasteiger partial charge on any atom is -0.426 e. The van der Waals surface area contributed by atoms with E-state index in [4.69, 9.17) is 4.74 Å². The predicted octanol–water partition coefficient (Wildman–Crippen LogP) is -1.08. The standard InChI is InChI=1S/C19H28BN3O6/c1-29-12-15(22-18(25)14-10-11-17(24)21-14)19(26)23-16(20(27)28)9-5-8-13-6-3-2-4-7-13/h2-4,6-7,14-16,27-28H,5,8-12H2,1H3,(H,21,24)(H,22,25)(H,23,26)/t14?,15?,16-/m0/s1. The largest absolute Gasteiger partial charge is 0.475 e. The summed E-state index contributed by atoms with van der Waals surface area (Å²) >= 11 is 0. The minimum absolute atomic E-state index is 0.0868. The fourth-order valence-corrected chi connectivity index (χ4v) is 3.18. The SMILES string of the molecule is COCC(NC(=O)C1CCC(=O)N1)C(=O)N[C@@H](CCCc1ccccc1)B(O)O. The quantitative estimate of drug-likeness (QED) is 0.297. The molecule has 0 aliphatic carbocycles. The highest BCUT2D eigenvalue weighted by Crippen LogP contribution is 2.09. The zero-order valence-electron chi connectivity index (χ0n) is 16.5. The number of carbonyl (C=O) groups is 3. The summed E-state index contributed by atoms with van der Waals surface area (Å²) in [5.74, 6) is -2.14. The average Bonchev–Trinajstić information content (AvgIpc) is 3.14. The van der Waals surface area contributed by atoms with E-state index in [1.165, 1.54) is 7.11 Å². The Morgan fingerprint density at radius 3 is 2.59 bits per heavy atom. The minimum atomic E-state index is -1.73. The molecule has 0 spiro atoms. The number of nitrogens with one attached hydrogen (secondary N) is 3. The van der Waals surface area contributed by atoms with Gasteiger partial charge in [-0.15, -0.1) is 0 Å². The van der Waals surface area contributed by atoms with Gasteiger partial charge in [-0.05, 0) is 31.2 Å². The molecule has 1 heterocycles. The van der Waals surface area contributed by atoms with Crippen LogP contribution in [-0.2, 0) is 25.5 Å². The van der Waals surface area contributed by atoms with E-state index in [-0.39, 0.29) is 18.9 Å². The second-order valence-corrected chi connectivity index (χ2v) is 7.08. The third-order valence-electron chi connectivity index (χ3n) is 4.79. The van der Waals surface area contributed by atoms with E-state index in [2.05, 4.69) is 16.0 Å². The van der Waals surface area contributed by atoms with Crippen molar-refractivity contribution in [2.24, 2.45) is 0 Å². The zero-order valence-corrected chi connectivity index (χ0v) is 16.5. The molecule has 0 saturated carbocycles. The molecule has 1 fully saturated rings. The lowest BCUT2D eigenvalue weighted by Crippen LogP contribution is -2.57. The Bertz CT molecular complexity index is 688. The number of methoxy groups -OCH3 is 1. The van der Waals surface area contributed by atoms with Crippen molar-refractivity contribution in [1.82, 2.24) is 16.0 Å². The summed E-state index contributed by atoms with van der Waals surface area (Å²) in [6.07, 6.45) is 2.36. The van der Waals surface area contributed by atoms with E-state index in [9.17, 15) is 24.4 Å². The Kier molecular flexibility index (Phi) is 9.10. The highest BCUT2D eigenvalue weighted by Gasteiger charge is 2.32. The summed E-state index contributed by atoms with van der Waals surface area (Å²) in [5.41, 5.74) is 1.12. The number of amides is 3. The number of carbonyl (C=O) groups excluding carboxylic acids is 3. The average molecular weight is 405 g/mol. The van der Waals surface area contributed by atoms with Gasteiger partial charge in [-0.2, -0.15) is 0 Å². The van der Waals surface area contributed by atoms with Crippen molar-refractivity contribution in [1.29, 1.82) is 0 Å². The van der Waals surface area contributed by atoms with Crippen LogP contribution in [0.15, 0.2) is 30.3 Å². The van der Waals surface area contributed by atoms with Crippen LogP contribution in [0, 0.1) is 0 Å². The number of ether oxygens (including phenoxy) is 1. The van der Waals surface area contributed by atoms with Crippen molar-refractivity contribution in [2.45, 2.75) is 50.1 Å². The first-order valence-corrected chi connectivity index (χ1v) is 9.69. The van der Waals surface area contributed by atoms with Crippen LogP contribution in [0.2, 0.25) is 0 Å². The Morgan fingerprint density at radius 2 is 2.00 bits per heavy atom. The molecule has 5 N–H and O–H groups in total. The summed E-state index contributed by atoms with van der Waals surface area (Å²) in [7, 11) is -0.343. The Hall–Kier alpha value is -2.43. The van der Waals surface area contributed by atoms with Gasteiger partial charge in [0.25, 0.3) is 0 Å². The van der Waals surface area contributed by atoms with Crippen LogP contribution >= 0.6 is 0 Å². The van der Waals surface area contributed by atoms with Crippen LogP contribution < -0.4 is 16.0 Å². The molecule has 0 aromatic heterocycles. The van der Waals surface area contributed by atoms with Crippen LogP contribution in [0.5, 0.6) is 0 Å². The molecule has 1 aliphatic rings. The van der Waals surface area contributed by atoms with Gasteiger partial charge in [0, 0.05) is 13.5 Å². The number of benzene rings is 1. The molecule has 29 heavy (non-hydrogen) atoms. The second-order valence-electron chi connectivity index (χ2n) is 7.08. The van der Waals surface area contributed by atoms with Crippen LogP contribution in [0.25, 0.3) is 0 Å². The van der Waals surface area contributed by atoms with E-state index in [1.54, 1.807) is 0 Å². The molecule has 1 aromatic rings. The molecule has 10 heteroatoms. The van der Waals surface area contributed by atoms with E-state index in [0.717, 1.165) is 12.0 Å². The third-order valence-corrected chi connectivity index (χ3v) is 4.79. The first kappa shape index (κ1) is 22.9. The van der Waals surface area contributed by atoms with E-state index < -0.39 is 37.0 Å². The highest BCUT2D eigenvalue weighted by atomic mass is 16.5. The molecular formula is C19H28BN3O6. The van der Waals surface area contributed by atoms with Gasteiger partial charge in [0.2, 0.25) is 17.7 Å². The summed E-state index contributed by atoms with van der Waals surface area (Å²) < 4.78 is 5.00. The monoisotopic (exact) mass is 405 g/mol. The molecule has 0 radical (unpaired) electrons. The molecule has 2 unspecified atom stereocenters. The molecule has 3 amide bonds. The fraction of sp³-hybridized carbons (Fsp3) is 0.526. The van der Waals surface area contributed by atoms with Crippen LogP contribution in [0.1, 0.15) is 31.2 Å². The van der Waals surface area contributed by atoms with E-state index in [0.29, 0.717) is 19.3 Å². The normalized spacial score (nSPS) is 17.9. The maximum atomic E-state index is 12.6. The zero-order chi connectivity index (χ0) is 21.2. The van der Waals surface area contributed by atoms with Crippen molar-refractivity contribution < 1.29 is 29.2 Å². The molecule has 158 valence electrons. The third kappa shape index (κ3) is 7.49. The van der Waals surface area contributed by atoms with Gasteiger partial charge in [0.15, 0.2) is 0 Å². The van der Waals surface area contributed by atoms with Crippen molar-refractivity contribution in [3.63, 3.8) is 0 Å². The molecule has 9 nitrogen and oxygen atoms in total. The first-order valence-electron chi connectivity index (χ1n) is 9.69. The summed E-state index contributed by atoms with van der Waals surface area (Å²) in [6, 6.07) is 8.05. The number of hydrogen-bond donors (Lipinski definition) is 5. The lowest BCUT2D eigenvalue weighted by Gasteiger charge is -2.23. The predicted molar refractivity (Wildman–Crippen MR) is 106 cm³/mol. The van der Waals surface area contributed by atoms with Crippen molar-refractivity contribution in [2.75, 3.05) is 13.7 Å². The van der Waals surface area contributed by atoms with Crippen molar-refractivity contribution in [3.8, 4) is 0 Å². The molecule has 2 rings (SSSR count). The molecule has 1 aromatic carbocycles. The van der Waals surface area contributed by atoms with E-state index in [1.807, 2.05) is 30.3 Å². The maximum absolute atomic E-state index is 12.6. The maximum Gasteiger partial charge on any atom is 0.475 e. The number of rotatable bonds is 11. The van der Waals surface area contributed by atoms with E-state index >= 15 is 0 Å². The van der Waals surface area contributed by atoms with Gasteiger partial charge in [0.1, 0.15) is 12.1 Å². The van der Waals surface area contributed by atoms with Crippen molar-refractivity contribution >= 4 is 24.8 Å². The lowest BCUT2D eigenvalue weighted by molar-refractivity contribution is -0.131. The summed E-state index contributed by atoms with van der Waals surface area (Å²) in [4.78, 5) is 36.1. The van der Waals surface area contributed by atoms with Gasteiger partial charge in [-0.3, -0.25) is 14.4 Å². The Balaban J connectivity index is 1.88. The number of hydrogen-bond acceptors (Lipinski definition) is 6. The lowest BCUT2D eigenvalue weighted by atomic mass is 9.76. The number of aryl methyl sites for hydroxylation is 1. The molecule has 1 saturated heterocycles. The summed E-state index contributed by atoms with van der Waals surface area (Å²) in [6.45, 7) is -0.0868. The van der Waals surface area contributed by atoms with Gasteiger partial charge < -0.3 is 30.7 Å². The van der Waals surface area contributed by atoms with Gasteiger partial charge in [-0.1, -0.05) is 30.3 Å². The van der Waals surface area contributed by atoms with Gasteiger partial charge >= 0.3 is 7.12 Å². The summed E-state index contributed by atoms with van der Waals surface area (Å²) in [5, 5.41) is 26.9. The van der Waals surface area contributed by atoms with Crippen LogP contribution in [0.4, 0.5) is 0 Å². The fourth-order valence-electron chi connectivity index (χ4n) is 3.18. The Labute approximate surface area is 170 Å². The van der Waals surface area contributed by atoms with Crippen LogP contribution in [0.3, 0.4) is 0 Å². The second kappa shape index (κ2) is 11.5. The molecule has 3 atom stereocenters. The molecular weight excluding hydrogens is 377 g/mol. The molecule has 1 aliphatic heterocycles. The van der Waals surface area contributed by atoms with Crippen molar-refractivity contribution in [3.05, 3.63) is 35.9 Å². The molecule has 0 bridgehead atoms.